The third-order valence-corrected chi connectivity index (χ3v) is 10.6. The molecular formula is C52H89NO8P+. The highest BCUT2D eigenvalue weighted by molar-refractivity contribution is 7.47. The van der Waals surface area contributed by atoms with E-state index in [-0.39, 0.29) is 26.1 Å². The van der Waals surface area contributed by atoms with Crippen LogP contribution in [-0.2, 0) is 32.7 Å². The summed E-state index contributed by atoms with van der Waals surface area (Å²) >= 11 is 0. The van der Waals surface area contributed by atoms with Crippen LogP contribution in [0.15, 0.2) is 97.2 Å². The molecule has 1 N–H and O–H groups in total. The number of likely N-dealkylation sites (N-methyl/N-ethyl adjacent to an activating group) is 1. The molecule has 0 rings (SSSR count). The number of phosphoric ester groups is 1. The number of hydrogen-bond donors (Lipinski definition) is 1. The van der Waals surface area contributed by atoms with Gasteiger partial charge in [0.15, 0.2) is 6.10 Å². The van der Waals surface area contributed by atoms with Gasteiger partial charge in [0.2, 0.25) is 0 Å². The molecule has 0 aliphatic heterocycles. The predicted octanol–water partition coefficient (Wildman–Crippen LogP) is 14.1. The molecule has 0 heterocycles. The minimum atomic E-state index is -4.40. The lowest BCUT2D eigenvalue weighted by atomic mass is 10.1. The van der Waals surface area contributed by atoms with E-state index in [4.69, 9.17) is 18.5 Å². The first-order chi connectivity index (χ1) is 30.0. The summed E-state index contributed by atoms with van der Waals surface area (Å²) in [6.45, 7) is 4.21. The molecule has 0 radical (unpaired) electrons. The SMILES string of the molecule is CC/C=C\C/C=C\C/C=C\C/C=C\C/C=C\C/C=C\C/C=C\CCCC(=O)OC(COC(=O)CCCCCCC/C=C\CCCCCCCC)COP(=O)(O)OCC[N+](C)(C)C. The van der Waals surface area contributed by atoms with Crippen molar-refractivity contribution in [2.24, 2.45) is 0 Å². The summed E-state index contributed by atoms with van der Waals surface area (Å²) < 4.78 is 34.3. The van der Waals surface area contributed by atoms with Gasteiger partial charge in [0.05, 0.1) is 27.7 Å². The van der Waals surface area contributed by atoms with Gasteiger partial charge >= 0.3 is 19.8 Å². The number of rotatable bonds is 42. The summed E-state index contributed by atoms with van der Waals surface area (Å²) in [4.78, 5) is 35.4. The molecule has 0 bridgehead atoms. The van der Waals surface area contributed by atoms with Crippen LogP contribution in [0.5, 0.6) is 0 Å². The molecule has 0 aromatic carbocycles. The fraction of sp³-hybridized carbons (Fsp3) is 0.654. The lowest BCUT2D eigenvalue weighted by molar-refractivity contribution is -0.870. The Morgan fingerprint density at radius 3 is 1.44 bits per heavy atom. The van der Waals surface area contributed by atoms with E-state index in [1.165, 1.54) is 44.9 Å². The van der Waals surface area contributed by atoms with Gasteiger partial charge in [0, 0.05) is 12.8 Å². The highest BCUT2D eigenvalue weighted by Crippen LogP contribution is 2.43. The van der Waals surface area contributed by atoms with E-state index in [0.717, 1.165) is 77.0 Å². The summed E-state index contributed by atoms with van der Waals surface area (Å²) in [7, 11) is 1.42. The Labute approximate surface area is 379 Å². The molecule has 0 saturated heterocycles. The van der Waals surface area contributed by atoms with Crippen LogP contribution in [0.25, 0.3) is 0 Å². The summed E-state index contributed by atoms with van der Waals surface area (Å²) in [6, 6.07) is 0. The Hall–Kier alpha value is -3.07. The lowest BCUT2D eigenvalue weighted by Crippen LogP contribution is -2.37. The average Bonchev–Trinajstić information content (AvgIpc) is 3.23. The largest absolute Gasteiger partial charge is 0.472 e. The van der Waals surface area contributed by atoms with Crippen molar-refractivity contribution in [2.75, 3.05) is 47.5 Å². The number of carbonyl (C=O) groups is 2. The Balaban J connectivity index is 4.45. The number of quaternary nitrogens is 1. The van der Waals surface area contributed by atoms with Crippen molar-refractivity contribution in [3.63, 3.8) is 0 Å². The molecule has 0 spiro atoms. The Bertz CT molecular complexity index is 1370. The normalized spacial score (nSPS) is 14.4. The molecule has 0 amide bonds. The smallest absolute Gasteiger partial charge is 0.462 e. The van der Waals surface area contributed by atoms with E-state index in [1.807, 2.05) is 27.2 Å². The van der Waals surface area contributed by atoms with Crippen LogP contribution in [0, 0.1) is 0 Å². The number of allylic oxidation sites excluding steroid dienone is 16. The fourth-order valence-corrected chi connectivity index (χ4v) is 6.62. The summed E-state index contributed by atoms with van der Waals surface area (Å²) in [6.07, 6.45) is 57.5. The number of unbranched alkanes of at least 4 members (excludes halogenated alkanes) is 12. The van der Waals surface area contributed by atoms with Crippen molar-refractivity contribution in [1.29, 1.82) is 0 Å². The van der Waals surface area contributed by atoms with E-state index in [0.29, 0.717) is 30.3 Å². The second kappa shape index (κ2) is 43.2. The zero-order valence-electron chi connectivity index (χ0n) is 39.8. The van der Waals surface area contributed by atoms with Gasteiger partial charge in [0.1, 0.15) is 19.8 Å². The van der Waals surface area contributed by atoms with Gasteiger partial charge < -0.3 is 18.9 Å². The monoisotopic (exact) mass is 887 g/mol. The van der Waals surface area contributed by atoms with Crippen LogP contribution in [0.2, 0.25) is 0 Å². The zero-order valence-corrected chi connectivity index (χ0v) is 40.7. The molecule has 2 unspecified atom stereocenters. The van der Waals surface area contributed by atoms with Gasteiger partial charge in [-0.2, -0.15) is 0 Å². The van der Waals surface area contributed by atoms with Gasteiger partial charge in [-0.25, -0.2) is 4.57 Å². The fourth-order valence-electron chi connectivity index (χ4n) is 5.88. The van der Waals surface area contributed by atoms with Gasteiger partial charge in [0.25, 0.3) is 0 Å². The molecule has 0 aliphatic rings. The second-order valence-corrected chi connectivity index (χ2v) is 18.2. The average molecular weight is 887 g/mol. The Morgan fingerprint density at radius 2 is 0.935 bits per heavy atom. The van der Waals surface area contributed by atoms with Crippen LogP contribution >= 0.6 is 7.82 Å². The van der Waals surface area contributed by atoms with Gasteiger partial charge in [-0.1, -0.05) is 162 Å². The van der Waals surface area contributed by atoms with Crippen molar-refractivity contribution in [3.05, 3.63) is 97.2 Å². The number of ether oxygens (including phenoxy) is 2. The molecule has 0 aromatic heterocycles. The quantitative estimate of drug-likeness (QED) is 0.0212. The summed E-state index contributed by atoms with van der Waals surface area (Å²) in [5, 5.41) is 0. The molecule has 10 heteroatoms. The first kappa shape index (κ1) is 58.9. The molecule has 9 nitrogen and oxygen atoms in total. The number of phosphoric acid groups is 1. The Kier molecular flexibility index (Phi) is 41.1. The van der Waals surface area contributed by atoms with E-state index in [2.05, 4.69) is 105 Å². The lowest BCUT2D eigenvalue weighted by Gasteiger charge is -2.24. The Morgan fingerprint density at radius 1 is 0.516 bits per heavy atom. The molecule has 0 saturated carbocycles. The molecule has 354 valence electrons. The van der Waals surface area contributed by atoms with Crippen molar-refractivity contribution in [3.8, 4) is 0 Å². The minimum Gasteiger partial charge on any atom is -0.462 e. The van der Waals surface area contributed by atoms with E-state index >= 15 is 0 Å². The molecule has 2 atom stereocenters. The maximum atomic E-state index is 12.7. The van der Waals surface area contributed by atoms with Crippen LogP contribution in [0.4, 0.5) is 0 Å². The number of nitrogens with zero attached hydrogens (tertiary/aromatic N) is 1. The van der Waals surface area contributed by atoms with E-state index < -0.39 is 32.5 Å². The van der Waals surface area contributed by atoms with Gasteiger partial charge in [-0.3, -0.25) is 18.6 Å². The van der Waals surface area contributed by atoms with E-state index in [1.54, 1.807) is 0 Å². The van der Waals surface area contributed by atoms with Crippen molar-refractivity contribution in [2.45, 2.75) is 174 Å². The van der Waals surface area contributed by atoms with Crippen molar-refractivity contribution in [1.82, 2.24) is 0 Å². The summed E-state index contributed by atoms with van der Waals surface area (Å²) in [5.74, 6) is -0.886. The third kappa shape index (κ3) is 46.4. The number of hydrogen-bond acceptors (Lipinski definition) is 7. The van der Waals surface area contributed by atoms with Crippen LogP contribution in [-0.4, -0.2) is 74.9 Å². The number of carbonyl (C=O) groups excluding carboxylic acids is 2. The maximum absolute atomic E-state index is 12.7. The first-order valence-corrected chi connectivity index (χ1v) is 25.5. The second-order valence-electron chi connectivity index (χ2n) is 16.8. The first-order valence-electron chi connectivity index (χ1n) is 24.0. The molecular weight excluding hydrogens is 798 g/mol. The number of esters is 2. The van der Waals surface area contributed by atoms with Crippen LogP contribution in [0.3, 0.4) is 0 Å². The molecule has 0 aliphatic carbocycles. The molecule has 62 heavy (non-hydrogen) atoms. The molecule has 0 aromatic rings. The maximum Gasteiger partial charge on any atom is 0.472 e. The highest BCUT2D eigenvalue weighted by Gasteiger charge is 2.27. The highest BCUT2D eigenvalue weighted by atomic mass is 31.2. The van der Waals surface area contributed by atoms with Crippen LogP contribution in [0.1, 0.15) is 168 Å². The molecule has 0 fully saturated rings. The summed E-state index contributed by atoms with van der Waals surface area (Å²) in [5.41, 5.74) is 0. The minimum absolute atomic E-state index is 0.0142. The van der Waals surface area contributed by atoms with Crippen molar-refractivity contribution < 1.29 is 42.1 Å². The van der Waals surface area contributed by atoms with E-state index in [9.17, 15) is 19.0 Å². The van der Waals surface area contributed by atoms with Gasteiger partial charge in [-0.15, -0.1) is 0 Å². The van der Waals surface area contributed by atoms with Crippen LogP contribution < -0.4 is 0 Å². The zero-order chi connectivity index (χ0) is 45.7. The standard InChI is InChI=1S/C52H88NO8P/c1-6-8-10-12-14-16-18-20-22-23-24-25-26-27-28-29-31-33-35-37-39-41-43-45-52(55)61-50(49-60-62(56,57)59-47-46-53(3,4)5)48-58-51(54)44-42-40-38-36-34-32-30-21-19-17-15-13-11-9-7-2/h8,10,14,16,20-22,24-25,27-28,30-31,33,37,39,50H,6-7,9,11-13,15,17-19,23,26,29,32,34-36,38,40-49H2,1-5H3/p+1/b10-8-,16-14-,22-20-,25-24-,28-27-,30-21-,33-31-,39-37-. The topological polar surface area (TPSA) is 108 Å². The third-order valence-electron chi connectivity index (χ3n) is 9.60. The van der Waals surface area contributed by atoms with Gasteiger partial charge in [-0.05, 0) is 89.9 Å². The van der Waals surface area contributed by atoms with Crippen molar-refractivity contribution >= 4 is 19.8 Å². The predicted molar refractivity (Wildman–Crippen MR) is 261 cm³/mol.